The molecule has 2 aromatic heterocycles. The molecular weight excluding hydrogens is 672 g/mol. The molecular formula is C26H20F12N6OS. The van der Waals surface area contributed by atoms with Crippen molar-refractivity contribution in [2.75, 3.05) is 0 Å². The van der Waals surface area contributed by atoms with Crippen molar-refractivity contribution in [1.29, 1.82) is 0 Å². The number of alkyl halides is 12. The fraction of sp³-hybridized carbons (Fsp3) is 0.385. The number of hydrogen-bond acceptors (Lipinski definition) is 5. The van der Waals surface area contributed by atoms with Gasteiger partial charge in [-0.25, -0.2) is 19.3 Å². The molecule has 0 aliphatic rings. The van der Waals surface area contributed by atoms with Gasteiger partial charge in [-0.3, -0.25) is 0 Å². The van der Waals surface area contributed by atoms with Gasteiger partial charge < -0.3 is 4.55 Å². The van der Waals surface area contributed by atoms with E-state index in [1.54, 1.807) is 0 Å². The van der Waals surface area contributed by atoms with Gasteiger partial charge in [0.25, 0.3) is 11.6 Å². The van der Waals surface area contributed by atoms with Crippen LogP contribution in [0.5, 0.6) is 0 Å². The Morgan fingerprint density at radius 1 is 0.587 bits per heavy atom. The number of aromatic nitrogens is 6. The van der Waals surface area contributed by atoms with E-state index >= 15 is 0 Å². The highest BCUT2D eigenvalue weighted by molar-refractivity contribution is 7.91. The van der Waals surface area contributed by atoms with E-state index in [1.807, 2.05) is 0 Å². The topological polar surface area (TPSA) is 84.5 Å². The van der Waals surface area contributed by atoms with Crippen LogP contribution < -0.4 is 0 Å². The van der Waals surface area contributed by atoms with Crippen molar-refractivity contribution in [3.63, 3.8) is 0 Å². The van der Waals surface area contributed by atoms with Crippen molar-refractivity contribution >= 4 is 11.2 Å². The van der Waals surface area contributed by atoms with Crippen LogP contribution in [0.15, 0.2) is 34.6 Å². The maximum atomic E-state index is 14.1. The smallest absolute Gasteiger partial charge is 0.453 e. The highest BCUT2D eigenvalue weighted by atomic mass is 32.2. The molecule has 2 aromatic carbocycles. The van der Waals surface area contributed by atoms with Crippen LogP contribution in [0.25, 0.3) is 11.4 Å². The van der Waals surface area contributed by atoms with Crippen LogP contribution in [-0.4, -0.2) is 46.4 Å². The Balaban J connectivity index is 2.00. The summed E-state index contributed by atoms with van der Waals surface area (Å²) in [6.07, 6.45) is -21.9. The van der Waals surface area contributed by atoms with Gasteiger partial charge in [0.2, 0.25) is 0 Å². The summed E-state index contributed by atoms with van der Waals surface area (Å²) in [7, 11) is 0. The third-order valence-corrected chi connectivity index (χ3v) is 8.64. The summed E-state index contributed by atoms with van der Waals surface area (Å²) in [5, 5.41) is 6.55. The lowest BCUT2D eigenvalue weighted by Crippen LogP contribution is -2.20. The Morgan fingerprint density at radius 3 is 1.17 bits per heavy atom. The summed E-state index contributed by atoms with van der Waals surface area (Å²) >= 11 is -2.65. The van der Waals surface area contributed by atoms with Gasteiger partial charge in [-0.1, -0.05) is 0 Å². The number of benzene rings is 2. The third-order valence-electron chi connectivity index (χ3n) is 6.99. The van der Waals surface area contributed by atoms with Crippen LogP contribution in [0.3, 0.4) is 0 Å². The maximum absolute atomic E-state index is 14.1. The van der Waals surface area contributed by atoms with E-state index in [4.69, 9.17) is 0 Å². The minimum Gasteiger partial charge on any atom is -0.606 e. The molecule has 0 unspecified atom stereocenters. The molecule has 0 N–H and O–H groups in total. The summed E-state index contributed by atoms with van der Waals surface area (Å²) < 4.78 is 176. The van der Waals surface area contributed by atoms with Crippen molar-refractivity contribution < 1.29 is 57.2 Å². The second kappa shape index (κ2) is 11.8. The molecule has 0 amide bonds. The second-order valence-corrected chi connectivity index (χ2v) is 11.5. The lowest BCUT2D eigenvalue weighted by Gasteiger charge is -2.23. The second-order valence-electron chi connectivity index (χ2n) is 10.1. The molecule has 4 rings (SSSR count). The number of halogens is 12. The van der Waals surface area contributed by atoms with Crippen LogP contribution in [0.1, 0.15) is 45.0 Å². The van der Waals surface area contributed by atoms with E-state index in [0.29, 0.717) is 22.0 Å². The Labute approximate surface area is 254 Å². The van der Waals surface area contributed by atoms with Gasteiger partial charge in [-0.2, -0.15) is 52.7 Å². The highest BCUT2D eigenvalue weighted by Crippen LogP contribution is 2.39. The molecule has 2 heterocycles. The van der Waals surface area contributed by atoms with Crippen molar-refractivity contribution in [2.45, 2.75) is 75.0 Å². The molecule has 250 valence electrons. The average Bonchev–Trinajstić information content (AvgIpc) is 3.58. The molecule has 0 aliphatic heterocycles. The standard InChI is InChI=1S/C26H20F12N6OS/c1-11-15(7-23(27,28)29)13(3)19(5-17(11)43-9-39-21(41-43)25(33,34)35)46(45)20-6-18(44-10-40-22(42-44)26(36,37)38)12(2)16(14(20)4)8-24(30,31)32/h5-6,9-10H,7-8H2,1-4H3. The van der Waals surface area contributed by atoms with E-state index in [2.05, 4.69) is 20.2 Å². The van der Waals surface area contributed by atoms with Crippen molar-refractivity contribution in [3.05, 3.63) is 69.8 Å². The summed E-state index contributed by atoms with van der Waals surface area (Å²) in [6, 6.07) is 1.93. The molecule has 0 saturated carbocycles. The fourth-order valence-corrected chi connectivity index (χ4v) is 6.26. The Hall–Kier alpha value is -3.81. The maximum Gasteiger partial charge on any atom is 0.453 e. The predicted molar refractivity (Wildman–Crippen MR) is 136 cm³/mol. The van der Waals surface area contributed by atoms with Gasteiger partial charge in [0.1, 0.15) is 12.7 Å². The van der Waals surface area contributed by atoms with Gasteiger partial charge in [0.15, 0.2) is 9.79 Å². The van der Waals surface area contributed by atoms with Crippen molar-refractivity contribution in [1.82, 2.24) is 29.5 Å². The zero-order valence-corrected chi connectivity index (χ0v) is 24.6. The number of rotatable bonds is 6. The van der Waals surface area contributed by atoms with E-state index in [1.165, 1.54) is 0 Å². The van der Waals surface area contributed by atoms with E-state index in [-0.39, 0.29) is 33.6 Å². The van der Waals surface area contributed by atoms with E-state index in [0.717, 1.165) is 39.8 Å². The summed E-state index contributed by atoms with van der Waals surface area (Å²) in [5.74, 6) is -3.26. The molecule has 7 nitrogen and oxygen atoms in total. The minimum atomic E-state index is -5.03. The van der Waals surface area contributed by atoms with Gasteiger partial charge >= 0.3 is 24.7 Å². The zero-order chi connectivity index (χ0) is 34.7. The molecule has 0 bridgehead atoms. The fourth-order valence-electron chi connectivity index (χ4n) is 4.78. The van der Waals surface area contributed by atoms with Crippen molar-refractivity contribution in [3.8, 4) is 11.4 Å². The number of hydrogen-bond donors (Lipinski definition) is 0. The first-order valence-corrected chi connectivity index (χ1v) is 13.8. The Morgan fingerprint density at radius 2 is 0.913 bits per heavy atom. The predicted octanol–water partition coefficient (Wildman–Crippen LogP) is 7.50. The monoisotopic (exact) mass is 692 g/mol. The lowest BCUT2D eigenvalue weighted by atomic mass is 9.97. The highest BCUT2D eigenvalue weighted by Gasteiger charge is 2.39. The molecule has 20 heteroatoms. The summed E-state index contributed by atoms with van der Waals surface area (Å²) in [5.41, 5.74) is -2.65. The van der Waals surface area contributed by atoms with Crippen LogP contribution in [0, 0.1) is 27.7 Å². The quantitative estimate of drug-likeness (QED) is 0.155. The summed E-state index contributed by atoms with van der Waals surface area (Å²) in [6.45, 7) is 4.60. The van der Waals surface area contributed by atoms with Gasteiger partial charge in [-0.05, 0) is 49.9 Å². The van der Waals surface area contributed by atoms with E-state index < -0.39 is 81.3 Å². The molecule has 0 saturated heterocycles. The Bertz CT molecular complexity index is 1640. The number of nitrogens with zero attached hydrogens (tertiary/aromatic N) is 6. The molecule has 0 radical (unpaired) electrons. The molecule has 0 spiro atoms. The summed E-state index contributed by atoms with van der Waals surface area (Å²) in [4.78, 5) is 5.38. The van der Waals surface area contributed by atoms with Crippen LogP contribution in [0.4, 0.5) is 52.7 Å². The SMILES string of the molecule is Cc1c(-n2cnc(C(F)(F)F)n2)cc([S+]([O-])c2cc(-n3cnc(C(F)(F)F)n3)c(C)c(CC(F)(F)F)c2C)c(C)c1CC(F)(F)F. The van der Waals surface area contributed by atoms with Gasteiger partial charge in [-0.15, -0.1) is 10.2 Å². The molecule has 4 aromatic rings. The Kier molecular flexibility index (Phi) is 8.97. The molecule has 0 atom stereocenters. The van der Waals surface area contributed by atoms with Crippen LogP contribution >= 0.6 is 0 Å². The van der Waals surface area contributed by atoms with Crippen LogP contribution in [-0.2, 0) is 36.4 Å². The first-order valence-electron chi connectivity index (χ1n) is 12.7. The first-order chi connectivity index (χ1) is 20.9. The molecule has 0 aliphatic carbocycles. The molecule has 46 heavy (non-hydrogen) atoms. The third kappa shape index (κ3) is 7.26. The van der Waals surface area contributed by atoms with Gasteiger partial charge in [0.05, 0.1) is 24.2 Å². The zero-order valence-electron chi connectivity index (χ0n) is 23.8. The first kappa shape index (κ1) is 35.1. The molecule has 0 fully saturated rings. The average molecular weight is 693 g/mol. The van der Waals surface area contributed by atoms with Crippen molar-refractivity contribution in [2.24, 2.45) is 0 Å². The van der Waals surface area contributed by atoms with Crippen LogP contribution in [0.2, 0.25) is 0 Å². The normalized spacial score (nSPS) is 13.3. The minimum absolute atomic E-state index is 0.199. The van der Waals surface area contributed by atoms with Gasteiger partial charge in [0, 0.05) is 34.4 Å². The lowest BCUT2D eigenvalue weighted by molar-refractivity contribution is -0.145. The largest absolute Gasteiger partial charge is 0.606 e. The van der Waals surface area contributed by atoms with E-state index in [9.17, 15) is 57.2 Å².